The van der Waals surface area contributed by atoms with E-state index in [1.54, 1.807) is 11.3 Å². The summed E-state index contributed by atoms with van der Waals surface area (Å²) in [6, 6.07) is 2.85. The fourth-order valence-electron chi connectivity index (χ4n) is 1.98. The minimum atomic E-state index is 0.624. The first-order valence-electron chi connectivity index (χ1n) is 6.09. The van der Waals surface area contributed by atoms with Gasteiger partial charge >= 0.3 is 0 Å². The van der Waals surface area contributed by atoms with Crippen LogP contribution in [0.4, 0.5) is 0 Å². The number of thiophene rings is 1. The third-order valence-electron chi connectivity index (χ3n) is 3.10. The van der Waals surface area contributed by atoms with E-state index in [2.05, 4.69) is 29.1 Å². The maximum Gasteiger partial charge on any atom is 0.00794 e. The minimum absolute atomic E-state index is 0.624. The van der Waals surface area contributed by atoms with E-state index in [0.29, 0.717) is 6.04 Å². The standard InChI is InChI=1S/C13H21NS/c1-11(9-13-6-8-15-10-13)14-7-2-3-12-4-5-12/h6,8,10-12,14H,2-5,7,9H2,1H3. The van der Waals surface area contributed by atoms with E-state index < -0.39 is 0 Å². The van der Waals surface area contributed by atoms with Crippen LogP contribution in [0.2, 0.25) is 0 Å². The highest BCUT2D eigenvalue weighted by atomic mass is 32.1. The van der Waals surface area contributed by atoms with Crippen LogP contribution >= 0.6 is 11.3 Å². The zero-order valence-corrected chi connectivity index (χ0v) is 10.4. The van der Waals surface area contributed by atoms with Crippen molar-refractivity contribution in [3.05, 3.63) is 22.4 Å². The Morgan fingerprint density at radius 1 is 1.53 bits per heavy atom. The van der Waals surface area contributed by atoms with Gasteiger partial charge in [-0.05, 0) is 61.0 Å². The summed E-state index contributed by atoms with van der Waals surface area (Å²) in [6.45, 7) is 3.48. The SMILES string of the molecule is CC(Cc1ccsc1)NCCCC1CC1. The fraction of sp³-hybridized carbons (Fsp3) is 0.692. The number of hydrogen-bond acceptors (Lipinski definition) is 2. The van der Waals surface area contributed by atoms with Crippen molar-refractivity contribution in [3.8, 4) is 0 Å². The molecule has 0 saturated heterocycles. The van der Waals surface area contributed by atoms with Gasteiger partial charge in [0.15, 0.2) is 0 Å². The molecule has 0 radical (unpaired) electrons. The smallest absolute Gasteiger partial charge is 0.00794 e. The highest BCUT2D eigenvalue weighted by molar-refractivity contribution is 7.07. The van der Waals surface area contributed by atoms with Crippen LogP contribution < -0.4 is 5.32 Å². The van der Waals surface area contributed by atoms with Gasteiger partial charge in [-0.3, -0.25) is 0 Å². The van der Waals surface area contributed by atoms with Crippen LogP contribution in [-0.2, 0) is 6.42 Å². The van der Waals surface area contributed by atoms with E-state index >= 15 is 0 Å². The molecule has 0 spiro atoms. The molecule has 1 N–H and O–H groups in total. The quantitative estimate of drug-likeness (QED) is 0.698. The summed E-state index contributed by atoms with van der Waals surface area (Å²) < 4.78 is 0. The van der Waals surface area contributed by atoms with Crippen LogP contribution in [0.1, 0.15) is 38.2 Å². The molecule has 15 heavy (non-hydrogen) atoms. The summed E-state index contributed by atoms with van der Waals surface area (Å²) in [5.41, 5.74) is 1.47. The lowest BCUT2D eigenvalue weighted by atomic mass is 10.1. The monoisotopic (exact) mass is 223 g/mol. The van der Waals surface area contributed by atoms with Crippen LogP contribution in [0.5, 0.6) is 0 Å². The maximum absolute atomic E-state index is 3.61. The first-order valence-corrected chi connectivity index (χ1v) is 7.03. The number of hydrogen-bond donors (Lipinski definition) is 1. The van der Waals surface area contributed by atoms with Crippen molar-refractivity contribution < 1.29 is 0 Å². The molecule has 0 aliphatic heterocycles. The van der Waals surface area contributed by atoms with Crippen LogP contribution in [0, 0.1) is 5.92 Å². The fourth-order valence-corrected chi connectivity index (χ4v) is 2.66. The van der Waals surface area contributed by atoms with E-state index in [1.807, 2.05) is 0 Å². The molecule has 1 unspecified atom stereocenters. The Kier molecular flexibility index (Phi) is 4.21. The molecule has 1 fully saturated rings. The molecule has 84 valence electrons. The lowest BCUT2D eigenvalue weighted by molar-refractivity contribution is 0.515. The van der Waals surface area contributed by atoms with E-state index in [-0.39, 0.29) is 0 Å². The summed E-state index contributed by atoms with van der Waals surface area (Å²) in [4.78, 5) is 0. The lowest BCUT2D eigenvalue weighted by Gasteiger charge is -2.12. The Bertz CT molecular complexity index is 264. The molecule has 1 atom stereocenters. The molecule has 1 heterocycles. The van der Waals surface area contributed by atoms with Gasteiger partial charge in [0.2, 0.25) is 0 Å². The van der Waals surface area contributed by atoms with Gasteiger partial charge in [0.05, 0.1) is 0 Å². The molecule has 1 aliphatic rings. The summed E-state index contributed by atoms with van der Waals surface area (Å²) in [5.74, 6) is 1.08. The van der Waals surface area contributed by atoms with Crippen LogP contribution in [0.25, 0.3) is 0 Å². The molecule has 1 saturated carbocycles. The molecule has 0 aromatic carbocycles. The Morgan fingerprint density at radius 3 is 3.07 bits per heavy atom. The van der Waals surface area contributed by atoms with Gasteiger partial charge < -0.3 is 5.32 Å². The second kappa shape index (κ2) is 5.66. The molecule has 1 aromatic heterocycles. The Labute approximate surface area is 96.9 Å². The average molecular weight is 223 g/mol. The number of rotatable bonds is 7. The Hall–Kier alpha value is -0.340. The van der Waals surface area contributed by atoms with Crippen LogP contribution in [0.3, 0.4) is 0 Å². The number of nitrogens with one attached hydrogen (secondary N) is 1. The first-order chi connectivity index (χ1) is 7.34. The summed E-state index contributed by atoms with van der Waals surface area (Å²) in [7, 11) is 0. The highest BCUT2D eigenvalue weighted by Crippen LogP contribution is 2.33. The van der Waals surface area contributed by atoms with E-state index in [9.17, 15) is 0 Å². The molecule has 0 amide bonds. The van der Waals surface area contributed by atoms with Crippen molar-refractivity contribution >= 4 is 11.3 Å². The van der Waals surface area contributed by atoms with Gasteiger partial charge in [-0.15, -0.1) is 0 Å². The van der Waals surface area contributed by atoms with Crippen molar-refractivity contribution in [2.24, 2.45) is 5.92 Å². The molecule has 1 aliphatic carbocycles. The van der Waals surface area contributed by atoms with Crippen LogP contribution in [-0.4, -0.2) is 12.6 Å². The zero-order valence-electron chi connectivity index (χ0n) is 9.54. The van der Waals surface area contributed by atoms with Gasteiger partial charge in [0, 0.05) is 6.04 Å². The van der Waals surface area contributed by atoms with E-state index in [0.717, 1.165) is 5.92 Å². The first kappa shape index (κ1) is 11.2. The third-order valence-corrected chi connectivity index (χ3v) is 3.83. The van der Waals surface area contributed by atoms with Gasteiger partial charge in [-0.2, -0.15) is 11.3 Å². The molecular weight excluding hydrogens is 202 g/mol. The third kappa shape index (κ3) is 4.35. The molecule has 0 bridgehead atoms. The molecular formula is C13H21NS. The second-order valence-electron chi connectivity index (χ2n) is 4.78. The molecule has 2 rings (SSSR count). The molecule has 2 heteroatoms. The summed E-state index contributed by atoms with van der Waals surface area (Å²) in [5, 5.41) is 8.02. The highest BCUT2D eigenvalue weighted by Gasteiger charge is 2.19. The Morgan fingerprint density at radius 2 is 2.40 bits per heavy atom. The summed E-state index contributed by atoms with van der Waals surface area (Å²) >= 11 is 1.79. The van der Waals surface area contributed by atoms with Gasteiger partial charge in [0.25, 0.3) is 0 Å². The van der Waals surface area contributed by atoms with Gasteiger partial charge in [0.1, 0.15) is 0 Å². The van der Waals surface area contributed by atoms with Crippen LogP contribution in [0.15, 0.2) is 16.8 Å². The van der Waals surface area contributed by atoms with Gasteiger partial charge in [-0.25, -0.2) is 0 Å². The molecule has 1 aromatic rings. The topological polar surface area (TPSA) is 12.0 Å². The largest absolute Gasteiger partial charge is 0.314 e. The second-order valence-corrected chi connectivity index (χ2v) is 5.56. The molecule has 1 nitrogen and oxygen atoms in total. The van der Waals surface area contributed by atoms with E-state index in [4.69, 9.17) is 0 Å². The van der Waals surface area contributed by atoms with Crippen molar-refractivity contribution in [3.63, 3.8) is 0 Å². The van der Waals surface area contributed by atoms with E-state index in [1.165, 1.54) is 44.2 Å². The van der Waals surface area contributed by atoms with Gasteiger partial charge in [-0.1, -0.05) is 12.8 Å². The van der Waals surface area contributed by atoms with Crippen molar-refractivity contribution in [1.82, 2.24) is 5.32 Å². The zero-order chi connectivity index (χ0) is 10.5. The van der Waals surface area contributed by atoms with Crippen molar-refractivity contribution in [1.29, 1.82) is 0 Å². The normalized spacial score (nSPS) is 17.9. The maximum atomic E-state index is 3.61. The predicted octanol–water partition coefficient (Wildman–Crippen LogP) is 3.46. The predicted molar refractivity (Wildman–Crippen MR) is 67.4 cm³/mol. The van der Waals surface area contributed by atoms with Crippen molar-refractivity contribution in [2.45, 2.75) is 45.1 Å². The van der Waals surface area contributed by atoms with Crippen molar-refractivity contribution in [2.75, 3.05) is 6.54 Å². The lowest BCUT2D eigenvalue weighted by Crippen LogP contribution is -2.28. The Balaban J connectivity index is 1.53. The minimum Gasteiger partial charge on any atom is -0.314 e. The average Bonchev–Trinajstić information content (AvgIpc) is 2.91. The summed E-state index contributed by atoms with van der Waals surface area (Å²) in [6.07, 6.45) is 6.96.